The maximum Gasteiger partial charge on any atom is 0.161 e. The van der Waals surface area contributed by atoms with E-state index in [1.54, 1.807) is 12.1 Å². The van der Waals surface area contributed by atoms with Gasteiger partial charge in [-0.25, -0.2) is 0 Å². The third-order valence-corrected chi connectivity index (χ3v) is 6.54. The first-order chi connectivity index (χ1) is 11.2. The van der Waals surface area contributed by atoms with Crippen molar-refractivity contribution in [1.82, 2.24) is 4.90 Å². The van der Waals surface area contributed by atoms with E-state index < -0.39 is 0 Å². The van der Waals surface area contributed by atoms with Gasteiger partial charge in [0.1, 0.15) is 11.5 Å². The molecule has 5 aliphatic rings. The van der Waals surface area contributed by atoms with E-state index in [1.807, 2.05) is 12.1 Å². The number of hydrogen-bond donors (Lipinski definition) is 1. The Bertz CT molecular complexity index is 598. The topological polar surface area (TPSA) is 32.7 Å². The average molecular weight is 311 g/mol. The fourth-order valence-electron chi connectivity index (χ4n) is 6.18. The fourth-order valence-corrected chi connectivity index (χ4v) is 6.18. The van der Waals surface area contributed by atoms with Gasteiger partial charge >= 0.3 is 0 Å². The van der Waals surface area contributed by atoms with Crippen LogP contribution in [0.15, 0.2) is 30.5 Å². The monoisotopic (exact) mass is 311 g/mol. The number of aromatic hydroxyl groups is 1. The molecule has 1 aliphatic heterocycles. The standard InChI is InChI=1S/C20H25NO2/c22-18-3-1-17(2-4-18)19-11-21(13-23-19)12-20-8-14-5-15(9-20)7-16(6-14)10-20/h1-4,11,14-16,22H,5-10,12-13H2. The molecule has 3 nitrogen and oxygen atoms in total. The third-order valence-electron chi connectivity index (χ3n) is 6.54. The van der Waals surface area contributed by atoms with Crippen LogP contribution in [0.5, 0.6) is 5.75 Å². The Morgan fingerprint density at radius 3 is 2.22 bits per heavy atom. The highest BCUT2D eigenvalue weighted by Crippen LogP contribution is 2.60. The Morgan fingerprint density at radius 2 is 1.61 bits per heavy atom. The van der Waals surface area contributed by atoms with Crippen molar-refractivity contribution >= 4 is 5.76 Å². The quantitative estimate of drug-likeness (QED) is 0.908. The molecule has 0 atom stereocenters. The van der Waals surface area contributed by atoms with Crippen LogP contribution >= 0.6 is 0 Å². The molecule has 6 rings (SSSR count). The summed E-state index contributed by atoms with van der Waals surface area (Å²) in [6.07, 6.45) is 11.0. The van der Waals surface area contributed by atoms with E-state index in [0.29, 0.717) is 17.9 Å². The third kappa shape index (κ3) is 2.41. The highest BCUT2D eigenvalue weighted by molar-refractivity contribution is 5.61. The van der Waals surface area contributed by atoms with Crippen LogP contribution in [-0.2, 0) is 4.74 Å². The van der Waals surface area contributed by atoms with Gasteiger partial charge in [0.15, 0.2) is 6.73 Å². The molecule has 4 fully saturated rings. The zero-order valence-corrected chi connectivity index (χ0v) is 13.6. The summed E-state index contributed by atoms with van der Waals surface area (Å²) in [6, 6.07) is 7.30. The van der Waals surface area contributed by atoms with Gasteiger partial charge < -0.3 is 14.7 Å². The van der Waals surface area contributed by atoms with Gasteiger partial charge in [0.25, 0.3) is 0 Å². The lowest BCUT2D eigenvalue weighted by molar-refractivity contribution is -0.0676. The summed E-state index contributed by atoms with van der Waals surface area (Å²) in [5.41, 5.74) is 1.61. The zero-order chi connectivity index (χ0) is 15.4. The maximum absolute atomic E-state index is 9.42. The van der Waals surface area contributed by atoms with Crippen LogP contribution in [0, 0.1) is 23.2 Å². The molecule has 3 heteroatoms. The second-order valence-electron chi connectivity index (χ2n) is 8.48. The van der Waals surface area contributed by atoms with E-state index in [9.17, 15) is 5.11 Å². The van der Waals surface area contributed by atoms with E-state index in [-0.39, 0.29) is 0 Å². The van der Waals surface area contributed by atoms with Gasteiger partial charge in [0.05, 0.1) is 0 Å². The summed E-state index contributed by atoms with van der Waals surface area (Å²) in [5.74, 6) is 4.26. The van der Waals surface area contributed by atoms with Crippen molar-refractivity contribution in [2.75, 3.05) is 13.3 Å². The van der Waals surface area contributed by atoms with E-state index >= 15 is 0 Å². The minimum Gasteiger partial charge on any atom is -0.508 e. The number of rotatable bonds is 3. The first-order valence-corrected chi connectivity index (χ1v) is 9.06. The summed E-state index contributed by atoms with van der Waals surface area (Å²) in [5, 5.41) is 9.42. The van der Waals surface area contributed by atoms with Crippen molar-refractivity contribution in [2.24, 2.45) is 23.2 Å². The summed E-state index contributed by atoms with van der Waals surface area (Å²) in [7, 11) is 0. The van der Waals surface area contributed by atoms with Gasteiger partial charge in [-0.1, -0.05) is 0 Å². The Kier molecular flexibility index (Phi) is 2.95. The average Bonchev–Trinajstić information content (AvgIpc) is 2.94. The molecule has 0 amide bonds. The van der Waals surface area contributed by atoms with Crippen molar-refractivity contribution < 1.29 is 9.84 Å². The van der Waals surface area contributed by atoms with E-state index in [2.05, 4.69) is 11.1 Å². The van der Waals surface area contributed by atoms with Gasteiger partial charge in [-0.2, -0.15) is 0 Å². The van der Waals surface area contributed by atoms with Crippen LogP contribution in [-0.4, -0.2) is 23.3 Å². The number of hydrogen-bond acceptors (Lipinski definition) is 3. The summed E-state index contributed by atoms with van der Waals surface area (Å²) < 4.78 is 5.91. The van der Waals surface area contributed by atoms with Crippen molar-refractivity contribution in [2.45, 2.75) is 38.5 Å². The van der Waals surface area contributed by atoms with Crippen LogP contribution in [0.4, 0.5) is 0 Å². The maximum atomic E-state index is 9.42. The molecule has 1 heterocycles. The van der Waals surface area contributed by atoms with Crippen LogP contribution in [0.25, 0.3) is 5.76 Å². The second-order valence-corrected chi connectivity index (χ2v) is 8.48. The van der Waals surface area contributed by atoms with E-state index in [0.717, 1.165) is 35.6 Å². The Balaban J connectivity index is 1.33. The first-order valence-electron chi connectivity index (χ1n) is 9.06. The molecular weight excluding hydrogens is 286 g/mol. The molecular formula is C20H25NO2. The second kappa shape index (κ2) is 4.93. The van der Waals surface area contributed by atoms with Gasteiger partial charge in [-0.05, 0) is 86.0 Å². The highest BCUT2D eigenvalue weighted by Gasteiger charge is 2.51. The largest absolute Gasteiger partial charge is 0.508 e. The molecule has 0 aromatic heterocycles. The van der Waals surface area contributed by atoms with Crippen molar-refractivity contribution in [1.29, 1.82) is 0 Å². The van der Waals surface area contributed by atoms with Crippen molar-refractivity contribution in [3.63, 3.8) is 0 Å². The van der Waals surface area contributed by atoms with Gasteiger partial charge in [-0.15, -0.1) is 0 Å². The lowest BCUT2D eigenvalue weighted by Crippen LogP contribution is -2.50. The first kappa shape index (κ1) is 13.8. The Morgan fingerprint density at radius 1 is 1.00 bits per heavy atom. The van der Waals surface area contributed by atoms with Crippen molar-refractivity contribution in [3.05, 3.63) is 36.0 Å². The Hall–Kier alpha value is -1.64. The van der Waals surface area contributed by atoms with Crippen LogP contribution in [0.1, 0.15) is 44.1 Å². The molecule has 0 radical (unpaired) electrons. The molecule has 1 N–H and O–H groups in total. The molecule has 0 saturated heterocycles. The van der Waals surface area contributed by atoms with Gasteiger partial charge in [-0.3, -0.25) is 0 Å². The molecule has 4 saturated carbocycles. The molecule has 23 heavy (non-hydrogen) atoms. The molecule has 0 unspecified atom stereocenters. The lowest BCUT2D eigenvalue weighted by Gasteiger charge is -2.57. The van der Waals surface area contributed by atoms with E-state index in [1.165, 1.54) is 38.5 Å². The summed E-state index contributed by atoms with van der Waals surface area (Å²) >= 11 is 0. The SMILES string of the molecule is Oc1ccc(C2=CN(CC34CC5CC(CC(C5)C3)C4)CO2)cc1. The highest BCUT2D eigenvalue weighted by atomic mass is 16.5. The van der Waals surface area contributed by atoms with E-state index in [4.69, 9.17) is 4.74 Å². The fraction of sp³-hybridized carbons (Fsp3) is 0.600. The smallest absolute Gasteiger partial charge is 0.161 e. The molecule has 122 valence electrons. The molecule has 1 aromatic rings. The summed E-state index contributed by atoms with van der Waals surface area (Å²) in [6.45, 7) is 1.84. The van der Waals surface area contributed by atoms with Gasteiger partial charge in [0.2, 0.25) is 0 Å². The van der Waals surface area contributed by atoms with Gasteiger partial charge in [0, 0.05) is 18.3 Å². The molecule has 0 spiro atoms. The predicted octanol–water partition coefficient (Wildman–Crippen LogP) is 4.20. The minimum absolute atomic E-state index is 0.303. The normalized spacial score (nSPS) is 37.8. The zero-order valence-electron chi connectivity index (χ0n) is 13.6. The molecule has 4 aliphatic carbocycles. The molecule has 4 bridgehead atoms. The number of benzene rings is 1. The lowest BCUT2D eigenvalue weighted by atomic mass is 9.49. The van der Waals surface area contributed by atoms with Crippen molar-refractivity contribution in [3.8, 4) is 5.75 Å². The number of ether oxygens (including phenoxy) is 1. The van der Waals surface area contributed by atoms with Crippen LogP contribution in [0.3, 0.4) is 0 Å². The summed E-state index contributed by atoms with van der Waals surface area (Å²) in [4.78, 5) is 2.38. The number of nitrogens with zero attached hydrogens (tertiary/aromatic N) is 1. The van der Waals surface area contributed by atoms with Crippen LogP contribution in [0.2, 0.25) is 0 Å². The van der Waals surface area contributed by atoms with Crippen LogP contribution < -0.4 is 0 Å². The predicted molar refractivity (Wildman–Crippen MR) is 89.3 cm³/mol. The minimum atomic E-state index is 0.303. The number of phenols is 1. The Labute approximate surface area is 137 Å². The molecule has 1 aromatic carbocycles. The number of phenolic OH excluding ortho intramolecular Hbond substituents is 1.